The van der Waals surface area contributed by atoms with Crippen LogP contribution >= 0.6 is 0 Å². The van der Waals surface area contributed by atoms with Crippen molar-refractivity contribution < 1.29 is 4.79 Å². The third-order valence-electron chi connectivity index (χ3n) is 4.71. The molecule has 0 saturated heterocycles. The maximum Gasteiger partial charge on any atom is 0.241 e. The zero-order chi connectivity index (χ0) is 19.8. The van der Waals surface area contributed by atoms with Crippen LogP contribution in [0, 0.1) is 0 Å². The first-order valence-electron chi connectivity index (χ1n) is 8.91. The molecule has 0 aliphatic carbocycles. The molecule has 0 aromatic carbocycles. The van der Waals surface area contributed by atoms with Gasteiger partial charge in [-0.05, 0) is 25.5 Å². The van der Waals surface area contributed by atoms with Crippen LogP contribution in [0.25, 0.3) is 33.4 Å². The van der Waals surface area contributed by atoms with Crippen molar-refractivity contribution in [2.45, 2.75) is 26.3 Å². The molecular weight excluding hydrogens is 356 g/mol. The van der Waals surface area contributed by atoms with Gasteiger partial charge in [0.15, 0.2) is 0 Å². The SMILES string of the molecule is CCc1cc(-c2c[nH]c3ncc(-c4cnn(C(C)C(N)=O)c4)cc23)nc(N)n1. The predicted molar refractivity (Wildman–Crippen MR) is 106 cm³/mol. The van der Waals surface area contributed by atoms with Crippen LogP contribution in [0.4, 0.5) is 5.95 Å². The summed E-state index contributed by atoms with van der Waals surface area (Å²) in [5, 5.41) is 5.15. The van der Waals surface area contributed by atoms with Gasteiger partial charge in [-0.2, -0.15) is 5.10 Å². The molecule has 1 amide bonds. The van der Waals surface area contributed by atoms with Gasteiger partial charge in [-0.25, -0.2) is 15.0 Å². The number of nitrogen functional groups attached to an aromatic ring is 1. The normalized spacial score (nSPS) is 12.4. The minimum Gasteiger partial charge on any atom is -0.368 e. The standard InChI is InChI=1S/C19H20N8O/c1-3-13-5-16(26-19(21)25-13)15-8-23-18-14(15)4-11(6-22-18)12-7-24-27(9-12)10(2)17(20)28/h4-10H,3H2,1-2H3,(H2,20,28)(H,22,23)(H2,21,25,26). The molecule has 9 nitrogen and oxygen atoms in total. The third-order valence-corrected chi connectivity index (χ3v) is 4.71. The first-order chi connectivity index (χ1) is 13.5. The second kappa shape index (κ2) is 6.76. The quantitative estimate of drug-likeness (QED) is 0.487. The number of nitrogens with two attached hydrogens (primary N) is 2. The van der Waals surface area contributed by atoms with E-state index in [0.717, 1.165) is 45.5 Å². The van der Waals surface area contributed by atoms with Crippen molar-refractivity contribution in [3.05, 3.63) is 42.6 Å². The molecular formula is C19H20N8O. The van der Waals surface area contributed by atoms with Crippen LogP contribution in [0.1, 0.15) is 25.6 Å². The van der Waals surface area contributed by atoms with E-state index in [1.54, 1.807) is 30.2 Å². The van der Waals surface area contributed by atoms with Crippen LogP contribution < -0.4 is 11.5 Å². The zero-order valence-corrected chi connectivity index (χ0v) is 15.5. The lowest BCUT2D eigenvalue weighted by molar-refractivity contribution is -0.120. The van der Waals surface area contributed by atoms with E-state index in [9.17, 15) is 4.79 Å². The highest BCUT2D eigenvalue weighted by Crippen LogP contribution is 2.30. The van der Waals surface area contributed by atoms with Crippen LogP contribution in [-0.4, -0.2) is 35.6 Å². The summed E-state index contributed by atoms with van der Waals surface area (Å²) in [5.41, 5.74) is 16.2. The number of amides is 1. The average Bonchev–Trinajstić information content (AvgIpc) is 3.33. The van der Waals surface area contributed by atoms with Crippen LogP contribution in [0.5, 0.6) is 0 Å². The number of hydrogen-bond donors (Lipinski definition) is 3. The molecule has 9 heteroatoms. The van der Waals surface area contributed by atoms with Gasteiger partial charge in [-0.3, -0.25) is 9.48 Å². The summed E-state index contributed by atoms with van der Waals surface area (Å²) >= 11 is 0. The minimum atomic E-state index is -0.523. The number of aromatic amines is 1. The van der Waals surface area contributed by atoms with Crippen LogP contribution in [0.3, 0.4) is 0 Å². The third kappa shape index (κ3) is 3.07. The molecule has 0 aliphatic heterocycles. The monoisotopic (exact) mass is 376 g/mol. The molecule has 4 heterocycles. The number of aryl methyl sites for hydroxylation is 1. The van der Waals surface area contributed by atoms with Gasteiger partial charge >= 0.3 is 0 Å². The molecule has 0 spiro atoms. The fraction of sp³-hybridized carbons (Fsp3) is 0.211. The van der Waals surface area contributed by atoms with E-state index in [0.29, 0.717) is 0 Å². The second-order valence-electron chi connectivity index (χ2n) is 6.57. The van der Waals surface area contributed by atoms with Crippen molar-refractivity contribution in [3.63, 3.8) is 0 Å². The molecule has 28 heavy (non-hydrogen) atoms. The largest absolute Gasteiger partial charge is 0.368 e. The molecule has 1 atom stereocenters. The number of rotatable bonds is 5. The van der Waals surface area contributed by atoms with Gasteiger partial charge in [-0.1, -0.05) is 6.92 Å². The number of H-pyrrole nitrogens is 1. The fourth-order valence-corrected chi connectivity index (χ4v) is 3.04. The highest BCUT2D eigenvalue weighted by atomic mass is 16.1. The van der Waals surface area contributed by atoms with Gasteiger partial charge in [0.2, 0.25) is 11.9 Å². The molecule has 0 radical (unpaired) electrons. The topological polar surface area (TPSA) is 141 Å². The molecule has 4 aromatic heterocycles. The number of pyridine rings is 1. The van der Waals surface area contributed by atoms with Crippen molar-refractivity contribution in [1.82, 2.24) is 29.7 Å². The Morgan fingerprint density at radius 2 is 2.07 bits per heavy atom. The molecule has 1 unspecified atom stereocenters. The predicted octanol–water partition coefficient (Wildman–Crippen LogP) is 2.07. The van der Waals surface area contributed by atoms with E-state index in [1.165, 1.54) is 0 Å². The summed E-state index contributed by atoms with van der Waals surface area (Å²) in [4.78, 5) is 27.7. The van der Waals surface area contributed by atoms with E-state index in [2.05, 4.69) is 25.0 Å². The number of carbonyl (C=O) groups excluding carboxylic acids is 1. The summed E-state index contributed by atoms with van der Waals surface area (Å²) in [6, 6.07) is 3.41. The fourth-order valence-electron chi connectivity index (χ4n) is 3.04. The number of fused-ring (bicyclic) bond motifs is 1. The molecule has 4 rings (SSSR count). The van der Waals surface area contributed by atoms with Gasteiger partial charge in [0.05, 0.1) is 11.9 Å². The summed E-state index contributed by atoms with van der Waals surface area (Å²) in [5.74, 6) is -0.196. The van der Waals surface area contributed by atoms with E-state index in [1.807, 2.05) is 25.3 Å². The Hall–Kier alpha value is -3.75. The lowest BCUT2D eigenvalue weighted by atomic mass is 10.1. The number of nitrogens with zero attached hydrogens (tertiary/aromatic N) is 5. The minimum absolute atomic E-state index is 0.245. The van der Waals surface area contributed by atoms with Gasteiger partial charge in [0, 0.05) is 46.4 Å². The molecule has 0 saturated carbocycles. The smallest absolute Gasteiger partial charge is 0.241 e. The summed E-state index contributed by atoms with van der Waals surface area (Å²) in [7, 11) is 0. The van der Waals surface area contributed by atoms with Gasteiger partial charge in [0.25, 0.3) is 0 Å². The molecule has 0 aliphatic rings. The number of anilines is 1. The van der Waals surface area contributed by atoms with E-state index in [4.69, 9.17) is 11.5 Å². The van der Waals surface area contributed by atoms with E-state index < -0.39 is 11.9 Å². The van der Waals surface area contributed by atoms with E-state index >= 15 is 0 Å². The summed E-state index contributed by atoms with van der Waals surface area (Å²) in [6.07, 6.45) is 7.85. The summed E-state index contributed by atoms with van der Waals surface area (Å²) in [6.45, 7) is 3.72. The molecule has 0 fully saturated rings. The number of nitrogens with one attached hydrogen (secondary N) is 1. The Balaban J connectivity index is 1.79. The van der Waals surface area contributed by atoms with Crippen molar-refractivity contribution >= 4 is 22.9 Å². The Labute approximate surface area is 160 Å². The van der Waals surface area contributed by atoms with Gasteiger partial charge in [-0.15, -0.1) is 0 Å². The number of primary amides is 1. The molecule has 142 valence electrons. The number of aromatic nitrogens is 6. The first-order valence-corrected chi connectivity index (χ1v) is 8.91. The van der Waals surface area contributed by atoms with Crippen LogP contribution in [-0.2, 0) is 11.2 Å². The average molecular weight is 376 g/mol. The van der Waals surface area contributed by atoms with Crippen molar-refractivity contribution in [1.29, 1.82) is 0 Å². The molecule has 4 aromatic rings. The maximum atomic E-state index is 11.4. The highest BCUT2D eigenvalue weighted by Gasteiger charge is 2.15. The van der Waals surface area contributed by atoms with Crippen LogP contribution in [0.2, 0.25) is 0 Å². The van der Waals surface area contributed by atoms with Crippen molar-refractivity contribution in [2.75, 3.05) is 5.73 Å². The Bertz CT molecular complexity index is 1180. The summed E-state index contributed by atoms with van der Waals surface area (Å²) < 4.78 is 1.54. The van der Waals surface area contributed by atoms with E-state index in [-0.39, 0.29) is 5.95 Å². The van der Waals surface area contributed by atoms with Gasteiger partial charge in [0.1, 0.15) is 11.7 Å². The maximum absolute atomic E-state index is 11.4. The highest BCUT2D eigenvalue weighted by molar-refractivity contribution is 5.95. The molecule has 5 N–H and O–H groups in total. The first kappa shape index (κ1) is 17.7. The zero-order valence-electron chi connectivity index (χ0n) is 15.5. The lowest BCUT2D eigenvalue weighted by Crippen LogP contribution is -2.24. The Kier molecular flexibility index (Phi) is 4.26. The molecule has 0 bridgehead atoms. The van der Waals surface area contributed by atoms with Crippen LogP contribution in [0.15, 0.2) is 36.9 Å². The Morgan fingerprint density at radius 1 is 1.25 bits per heavy atom. The van der Waals surface area contributed by atoms with Gasteiger partial charge < -0.3 is 16.5 Å². The lowest BCUT2D eigenvalue weighted by Gasteiger charge is -2.06. The number of carbonyl (C=O) groups is 1. The Morgan fingerprint density at radius 3 is 2.82 bits per heavy atom. The number of hydrogen-bond acceptors (Lipinski definition) is 6. The van der Waals surface area contributed by atoms with Crippen molar-refractivity contribution in [2.24, 2.45) is 5.73 Å². The second-order valence-corrected chi connectivity index (χ2v) is 6.57. The van der Waals surface area contributed by atoms with Crippen molar-refractivity contribution in [3.8, 4) is 22.4 Å².